The van der Waals surface area contributed by atoms with Crippen LogP contribution in [0.4, 0.5) is 10.1 Å². The topological polar surface area (TPSA) is 29.1 Å². The average molecular weight is 269 g/mol. The fourth-order valence-corrected chi connectivity index (χ4v) is 1.78. The third-order valence-corrected chi connectivity index (χ3v) is 3.10. The van der Waals surface area contributed by atoms with E-state index in [0.29, 0.717) is 11.3 Å². The Balaban J connectivity index is 2.04. The smallest absolute Gasteiger partial charge is 0.187 e. The predicted octanol–water partition coefficient (Wildman–Crippen LogP) is 4.25. The number of ketones is 1. The van der Waals surface area contributed by atoms with Crippen molar-refractivity contribution in [2.45, 2.75) is 13.8 Å². The minimum atomic E-state index is -0.316. The van der Waals surface area contributed by atoms with Crippen LogP contribution in [-0.2, 0) is 0 Å². The quantitative estimate of drug-likeness (QED) is 0.664. The lowest BCUT2D eigenvalue weighted by Crippen LogP contribution is -1.97. The van der Waals surface area contributed by atoms with E-state index in [1.165, 1.54) is 24.4 Å². The zero-order valence-corrected chi connectivity index (χ0v) is 11.5. The average Bonchev–Trinajstić information content (AvgIpc) is 2.42. The number of anilines is 1. The van der Waals surface area contributed by atoms with Gasteiger partial charge in [-0.1, -0.05) is 18.2 Å². The molecule has 2 rings (SSSR count). The van der Waals surface area contributed by atoms with Gasteiger partial charge >= 0.3 is 0 Å². The fourth-order valence-electron chi connectivity index (χ4n) is 1.78. The van der Waals surface area contributed by atoms with Gasteiger partial charge in [-0.3, -0.25) is 4.79 Å². The Labute approximate surface area is 118 Å². The van der Waals surface area contributed by atoms with Crippen molar-refractivity contribution in [2.24, 2.45) is 0 Å². The molecule has 2 aromatic rings. The molecule has 0 aliphatic heterocycles. The van der Waals surface area contributed by atoms with E-state index in [0.717, 1.165) is 11.1 Å². The van der Waals surface area contributed by atoms with E-state index in [4.69, 9.17) is 0 Å². The SMILES string of the molecule is Cc1ccc(C(=O)/C=C/Nc2cccc(F)c2)cc1C. The Hall–Kier alpha value is -2.42. The first-order valence-electron chi connectivity index (χ1n) is 6.36. The molecule has 0 heterocycles. The molecule has 0 saturated carbocycles. The second-order valence-corrected chi connectivity index (χ2v) is 4.65. The van der Waals surface area contributed by atoms with Gasteiger partial charge in [0.25, 0.3) is 0 Å². The fraction of sp³-hybridized carbons (Fsp3) is 0.118. The molecule has 0 spiro atoms. The lowest BCUT2D eigenvalue weighted by atomic mass is 10.0. The molecule has 102 valence electrons. The number of aryl methyl sites for hydroxylation is 2. The summed E-state index contributed by atoms with van der Waals surface area (Å²) in [6.07, 6.45) is 2.96. The Morgan fingerprint density at radius 1 is 1.10 bits per heavy atom. The van der Waals surface area contributed by atoms with E-state index < -0.39 is 0 Å². The van der Waals surface area contributed by atoms with E-state index in [1.807, 2.05) is 26.0 Å². The number of rotatable bonds is 4. The number of nitrogens with one attached hydrogen (secondary N) is 1. The first kappa shape index (κ1) is 14.0. The van der Waals surface area contributed by atoms with Crippen LogP contribution in [0, 0.1) is 19.7 Å². The van der Waals surface area contributed by atoms with Crippen LogP contribution in [0.25, 0.3) is 0 Å². The molecule has 20 heavy (non-hydrogen) atoms. The zero-order chi connectivity index (χ0) is 14.5. The molecule has 0 unspecified atom stereocenters. The van der Waals surface area contributed by atoms with Gasteiger partial charge in [-0.2, -0.15) is 0 Å². The van der Waals surface area contributed by atoms with Gasteiger partial charge in [-0.25, -0.2) is 4.39 Å². The molecule has 0 bridgehead atoms. The number of hydrogen-bond acceptors (Lipinski definition) is 2. The predicted molar refractivity (Wildman–Crippen MR) is 79.4 cm³/mol. The second kappa shape index (κ2) is 6.15. The largest absolute Gasteiger partial charge is 0.361 e. The van der Waals surface area contributed by atoms with Gasteiger partial charge in [0.2, 0.25) is 0 Å². The van der Waals surface area contributed by atoms with Crippen molar-refractivity contribution >= 4 is 11.5 Å². The Morgan fingerprint density at radius 3 is 2.60 bits per heavy atom. The maximum Gasteiger partial charge on any atom is 0.187 e. The second-order valence-electron chi connectivity index (χ2n) is 4.65. The summed E-state index contributed by atoms with van der Waals surface area (Å²) in [5.74, 6) is -0.402. The Bertz CT molecular complexity index is 662. The molecule has 0 aromatic heterocycles. The lowest BCUT2D eigenvalue weighted by molar-refractivity contribution is 0.104. The third-order valence-electron chi connectivity index (χ3n) is 3.10. The number of carbonyl (C=O) groups excluding carboxylic acids is 1. The van der Waals surface area contributed by atoms with E-state index in [-0.39, 0.29) is 11.6 Å². The zero-order valence-electron chi connectivity index (χ0n) is 11.5. The number of hydrogen-bond donors (Lipinski definition) is 1. The van der Waals surface area contributed by atoms with Gasteiger partial charge in [-0.15, -0.1) is 0 Å². The van der Waals surface area contributed by atoms with Crippen molar-refractivity contribution in [3.05, 3.63) is 77.2 Å². The summed E-state index contributed by atoms with van der Waals surface area (Å²) in [6, 6.07) is 11.7. The van der Waals surface area contributed by atoms with Gasteiger partial charge in [0.1, 0.15) is 5.82 Å². The molecule has 2 aromatic carbocycles. The summed E-state index contributed by atoms with van der Waals surface area (Å²) < 4.78 is 13.0. The number of benzene rings is 2. The molecule has 0 fully saturated rings. The van der Waals surface area contributed by atoms with E-state index in [1.54, 1.807) is 18.2 Å². The summed E-state index contributed by atoms with van der Waals surface area (Å²) in [4.78, 5) is 12.0. The van der Waals surface area contributed by atoms with Gasteiger partial charge in [0.05, 0.1) is 0 Å². The van der Waals surface area contributed by atoms with Crippen molar-refractivity contribution in [2.75, 3.05) is 5.32 Å². The molecule has 0 radical (unpaired) electrons. The molecule has 2 nitrogen and oxygen atoms in total. The molecule has 3 heteroatoms. The highest BCUT2D eigenvalue weighted by molar-refractivity contribution is 6.04. The molecule has 0 atom stereocenters. The van der Waals surface area contributed by atoms with Crippen LogP contribution < -0.4 is 5.32 Å². The first-order valence-corrected chi connectivity index (χ1v) is 6.36. The van der Waals surface area contributed by atoms with Crippen molar-refractivity contribution in [1.29, 1.82) is 0 Å². The summed E-state index contributed by atoms with van der Waals surface area (Å²) in [5.41, 5.74) is 3.49. The molecule has 0 aliphatic carbocycles. The molecular formula is C17H16FNO. The molecular weight excluding hydrogens is 253 g/mol. The van der Waals surface area contributed by atoms with Crippen LogP contribution in [0.3, 0.4) is 0 Å². The summed E-state index contributed by atoms with van der Waals surface area (Å²) in [7, 11) is 0. The van der Waals surface area contributed by atoms with Crippen LogP contribution >= 0.6 is 0 Å². The van der Waals surface area contributed by atoms with Gasteiger partial charge < -0.3 is 5.32 Å². The van der Waals surface area contributed by atoms with Crippen molar-refractivity contribution in [1.82, 2.24) is 0 Å². The van der Waals surface area contributed by atoms with Crippen LogP contribution in [0.15, 0.2) is 54.7 Å². The lowest BCUT2D eigenvalue weighted by Gasteiger charge is -2.02. The van der Waals surface area contributed by atoms with Gasteiger partial charge in [0, 0.05) is 23.5 Å². The third kappa shape index (κ3) is 3.54. The summed E-state index contributed by atoms with van der Waals surface area (Å²) >= 11 is 0. The molecule has 0 aliphatic rings. The Morgan fingerprint density at radius 2 is 1.90 bits per heavy atom. The van der Waals surface area contributed by atoms with E-state index in [2.05, 4.69) is 5.32 Å². The van der Waals surface area contributed by atoms with Crippen LogP contribution in [0.1, 0.15) is 21.5 Å². The molecule has 0 saturated heterocycles. The normalized spacial score (nSPS) is 10.8. The first-order chi connectivity index (χ1) is 9.56. The van der Waals surface area contributed by atoms with Crippen LogP contribution in [0.5, 0.6) is 0 Å². The minimum Gasteiger partial charge on any atom is -0.361 e. The number of allylic oxidation sites excluding steroid dienone is 1. The summed E-state index contributed by atoms with van der Waals surface area (Å²) in [6.45, 7) is 3.98. The monoisotopic (exact) mass is 269 g/mol. The number of carbonyl (C=O) groups is 1. The van der Waals surface area contributed by atoms with Crippen molar-refractivity contribution in [3.63, 3.8) is 0 Å². The molecule has 1 N–H and O–H groups in total. The van der Waals surface area contributed by atoms with Crippen molar-refractivity contribution in [3.8, 4) is 0 Å². The van der Waals surface area contributed by atoms with Crippen LogP contribution in [-0.4, -0.2) is 5.78 Å². The highest BCUT2D eigenvalue weighted by atomic mass is 19.1. The number of halogens is 1. The van der Waals surface area contributed by atoms with Crippen molar-refractivity contribution < 1.29 is 9.18 Å². The highest BCUT2D eigenvalue weighted by Gasteiger charge is 2.02. The Kier molecular flexibility index (Phi) is 4.31. The van der Waals surface area contributed by atoms with Gasteiger partial charge in [0.15, 0.2) is 5.78 Å². The minimum absolute atomic E-state index is 0.0861. The maximum atomic E-state index is 13.0. The highest BCUT2D eigenvalue weighted by Crippen LogP contribution is 2.12. The summed E-state index contributed by atoms with van der Waals surface area (Å²) in [5, 5.41) is 2.87. The van der Waals surface area contributed by atoms with Gasteiger partial charge in [-0.05, 0) is 49.2 Å². The molecule has 0 amide bonds. The van der Waals surface area contributed by atoms with E-state index in [9.17, 15) is 9.18 Å². The van der Waals surface area contributed by atoms with E-state index >= 15 is 0 Å². The standard InChI is InChI=1S/C17H16FNO/c1-12-6-7-14(10-13(12)2)17(20)8-9-19-16-5-3-4-15(18)11-16/h3-11,19H,1-2H3/b9-8+. The maximum absolute atomic E-state index is 13.0. The van der Waals surface area contributed by atoms with Crippen LogP contribution in [0.2, 0.25) is 0 Å².